The van der Waals surface area contributed by atoms with Crippen molar-refractivity contribution in [2.45, 2.75) is 13.0 Å². The lowest BCUT2D eigenvalue weighted by Gasteiger charge is -2.21. The average molecular weight is 307 g/mol. The van der Waals surface area contributed by atoms with Crippen LogP contribution in [0.25, 0.3) is 22.2 Å². The number of hydrogen-bond donors (Lipinski definition) is 0. The molecule has 1 aromatic heterocycles. The van der Waals surface area contributed by atoms with Gasteiger partial charge >= 0.3 is 0 Å². The minimum atomic E-state index is 0.733. The van der Waals surface area contributed by atoms with Gasteiger partial charge in [0.1, 0.15) is 11.5 Å². The third-order valence-electron chi connectivity index (χ3n) is 4.61. The Hall–Kier alpha value is -2.75. The fraction of sp³-hybridized carbons (Fsp3) is 0.211. The van der Waals surface area contributed by atoms with Gasteiger partial charge in [0.2, 0.25) is 0 Å². The Morgan fingerprint density at radius 1 is 1.04 bits per heavy atom. The lowest BCUT2D eigenvalue weighted by atomic mass is 9.96. The Kier molecular flexibility index (Phi) is 3.11. The van der Waals surface area contributed by atoms with E-state index in [4.69, 9.17) is 9.47 Å². The van der Waals surface area contributed by atoms with Crippen LogP contribution in [0, 0.1) is 0 Å². The molecule has 4 rings (SSSR count). The van der Waals surface area contributed by atoms with Gasteiger partial charge in [0, 0.05) is 29.1 Å². The van der Waals surface area contributed by atoms with Crippen molar-refractivity contribution in [3.05, 3.63) is 47.5 Å². The van der Waals surface area contributed by atoms with Crippen LogP contribution >= 0.6 is 0 Å². The Balaban J connectivity index is 2.08. The molecule has 1 aliphatic rings. The topological polar surface area (TPSA) is 40.5 Å². The second kappa shape index (κ2) is 5.16. The van der Waals surface area contributed by atoms with E-state index in [9.17, 15) is 4.79 Å². The zero-order chi connectivity index (χ0) is 16.0. The van der Waals surface area contributed by atoms with E-state index >= 15 is 0 Å². The van der Waals surface area contributed by atoms with E-state index in [2.05, 4.69) is 10.6 Å². The first-order valence-corrected chi connectivity index (χ1v) is 7.59. The number of aldehydes is 1. The predicted molar refractivity (Wildman–Crippen MR) is 89.6 cm³/mol. The Morgan fingerprint density at radius 2 is 1.78 bits per heavy atom. The van der Waals surface area contributed by atoms with Crippen LogP contribution < -0.4 is 9.47 Å². The summed E-state index contributed by atoms with van der Waals surface area (Å²) in [5.74, 6) is 1.60. The van der Waals surface area contributed by atoms with Crippen LogP contribution in [0.15, 0.2) is 36.4 Å². The first-order valence-electron chi connectivity index (χ1n) is 7.59. The predicted octanol–water partition coefficient (Wildman–Crippen LogP) is 3.69. The fourth-order valence-electron chi connectivity index (χ4n) is 3.48. The molecular weight excluding hydrogens is 290 g/mol. The number of carbonyl (C=O) groups excluding carboxylic acids is 1. The second-order valence-electron chi connectivity index (χ2n) is 5.69. The van der Waals surface area contributed by atoms with Crippen LogP contribution in [0.1, 0.15) is 15.9 Å². The van der Waals surface area contributed by atoms with Crippen molar-refractivity contribution in [2.75, 3.05) is 14.2 Å². The summed E-state index contributed by atoms with van der Waals surface area (Å²) >= 11 is 0. The molecule has 23 heavy (non-hydrogen) atoms. The number of fused-ring (bicyclic) bond motifs is 5. The molecule has 0 spiro atoms. The third kappa shape index (κ3) is 1.95. The molecule has 1 aliphatic heterocycles. The highest BCUT2D eigenvalue weighted by atomic mass is 16.5. The summed E-state index contributed by atoms with van der Waals surface area (Å²) in [6, 6.07) is 11.9. The van der Waals surface area contributed by atoms with Crippen LogP contribution in [-0.4, -0.2) is 25.1 Å². The summed E-state index contributed by atoms with van der Waals surface area (Å²) in [5.41, 5.74) is 5.07. The minimum absolute atomic E-state index is 0.733. The summed E-state index contributed by atoms with van der Waals surface area (Å²) in [5, 5.41) is 0.964. The number of aromatic nitrogens is 1. The van der Waals surface area contributed by atoms with E-state index < -0.39 is 0 Å². The monoisotopic (exact) mass is 307 g/mol. The van der Waals surface area contributed by atoms with Gasteiger partial charge in [0.15, 0.2) is 6.29 Å². The molecule has 0 saturated carbocycles. The van der Waals surface area contributed by atoms with Crippen LogP contribution in [0.2, 0.25) is 0 Å². The number of hydrogen-bond acceptors (Lipinski definition) is 3. The van der Waals surface area contributed by atoms with E-state index in [1.807, 2.05) is 30.3 Å². The number of methoxy groups -OCH3 is 2. The standard InChI is InChI=1S/C19H17NO3/c1-22-13-4-3-12-7-8-20-18-10-14(23-2)5-6-15(18)17(11-21)19(20)16(12)9-13/h3-6,9-11H,7-8H2,1-2H3. The van der Waals surface area contributed by atoms with Gasteiger partial charge in [0.05, 0.1) is 25.4 Å². The Morgan fingerprint density at radius 3 is 2.52 bits per heavy atom. The van der Waals surface area contributed by atoms with Gasteiger partial charge in [-0.3, -0.25) is 4.79 Å². The molecule has 0 fully saturated rings. The average Bonchev–Trinajstić information content (AvgIpc) is 2.94. The maximum atomic E-state index is 11.8. The number of rotatable bonds is 3. The van der Waals surface area contributed by atoms with Crippen molar-refractivity contribution in [1.29, 1.82) is 0 Å². The number of ether oxygens (including phenoxy) is 2. The Labute approximate surface area is 134 Å². The number of aryl methyl sites for hydroxylation is 2. The smallest absolute Gasteiger partial charge is 0.152 e. The highest BCUT2D eigenvalue weighted by molar-refractivity contribution is 6.06. The third-order valence-corrected chi connectivity index (χ3v) is 4.61. The normalized spacial score (nSPS) is 12.6. The summed E-state index contributed by atoms with van der Waals surface area (Å²) in [6.45, 7) is 0.853. The number of nitrogens with zero attached hydrogens (tertiary/aromatic N) is 1. The van der Waals surface area contributed by atoms with Crippen LogP contribution in [0.4, 0.5) is 0 Å². The zero-order valence-electron chi connectivity index (χ0n) is 13.1. The van der Waals surface area contributed by atoms with E-state index in [0.717, 1.165) is 58.5 Å². The highest BCUT2D eigenvalue weighted by Gasteiger charge is 2.24. The number of carbonyl (C=O) groups is 1. The lowest BCUT2D eigenvalue weighted by Crippen LogP contribution is -2.11. The van der Waals surface area contributed by atoms with Crippen molar-refractivity contribution in [3.8, 4) is 22.8 Å². The maximum absolute atomic E-state index is 11.8. The molecule has 4 heteroatoms. The summed E-state index contributed by atoms with van der Waals surface area (Å²) < 4.78 is 12.9. The first kappa shape index (κ1) is 13.9. The van der Waals surface area contributed by atoms with Crippen molar-refractivity contribution in [3.63, 3.8) is 0 Å². The van der Waals surface area contributed by atoms with E-state index in [1.54, 1.807) is 14.2 Å². The molecule has 0 saturated heterocycles. The van der Waals surface area contributed by atoms with E-state index in [0.29, 0.717) is 0 Å². The molecule has 0 radical (unpaired) electrons. The second-order valence-corrected chi connectivity index (χ2v) is 5.69. The largest absolute Gasteiger partial charge is 0.497 e. The SMILES string of the molecule is COc1ccc2c(c1)-c1c(C=O)c3ccc(OC)cc3n1CC2. The highest BCUT2D eigenvalue weighted by Crippen LogP contribution is 2.40. The van der Waals surface area contributed by atoms with Gasteiger partial charge in [0.25, 0.3) is 0 Å². The minimum Gasteiger partial charge on any atom is -0.497 e. The van der Waals surface area contributed by atoms with Gasteiger partial charge in [-0.25, -0.2) is 0 Å². The van der Waals surface area contributed by atoms with E-state index in [1.165, 1.54) is 5.56 Å². The van der Waals surface area contributed by atoms with Crippen molar-refractivity contribution >= 4 is 17.2 Å². The molecule has 0 aliphatic carbocycles. The van der Waals surface area contributed by atoms with Gasteiger partial charge in [-0.2, -0.15) is 0 Å². The maximum Gasteiger partial charge on any atom is 0.152 e. The molecule has 116 valence electrons. The molecule has 2 aromatic carbocycles. The molecule has 0 bridgehead atoms. The number of benzene rings is 2. The van der Waals surface area contributed by atoms with Crippen molar-refractivity contribution in [2.24, 2.45) is 0 Å². The summed E-state index contributed by atoms with van der Waals surface area (Å²) in [4.78, 5) is 11.8. The summed E-state index contributed by atoms with van der Waals surface area (Å²) in [6.07, 6.45) is 1.89. The van der Waals surface area contributed by atoms with Crippen LogP contribution in [0.5, 0.6) is 11.5 Å². The van der Waals surface area contributed by atoms with Gasteiger partial charge in [-0.1, -0.05) is 6.07 Å². The van der Waals surface area contributed by atoms with Crippen molar-refractivity contribution < 1.29 is 14.3 Å². The van der Waals surface area contributed by atoms with Crippen molar-refractivity contribution in [1.82, 2.24) is 4.57 Å². The van der Waals surface area contributed by atoms with Crippen LogP contribution in [-0.2, 0) is 13.0 Å². The first-order chi connectivity index (χ1) is 11.3. The molecule has 2 heterocycles. The molecule has 4 nitrogen and oxygen atoms in total. The summed E-state index contributed by atoms with van der Waals surface area (Å²) in [7, 11) is 3.31. The molecule has 0 atom stereocenters. The molecule has 0 amide bonds. The molecule has 0 unspecified atom stereocenters. The Bertz CT molecular complexity index is 924. The van der Waals surface area contributed by atoms with E-state index in [-0.39, 0.29) is 0 Å². The quantitative estimate of drug-likeness (QED) is 0.693. The van der Waals surface area contributed by atoms with Crippen LogP contribution in [0.3, 0.4) is 0 Å². The lowest BCUT2D eigenvalue weighted by molar-refractivity contribution is 0.112. The van der Waals surface area contributed by atoms with Gasteiger partial charge < -0.3 is 14.0 Å². The van der Waals surface area contributed by atoms with Gasteiger partial charge in [-0.05, 0) is 36.2 Å². The fourth-order valence-corrected chi connectivity index (χ4v) is 3.48. The molecule has 0 N–H and O–H groups in total. The zero-order valence-corrected chi connectivity index (χ0v) is 13.1. The van der Waals surface area contributed by atoms with Gasteiger partial charge in [-0.15, -0.1) is 0 Å². The molecular formula is C19H17NO3. The molecule has 3 aromatic rings.